The number of nitrogens with two attached hydrogens (primary N) is 1. The monoisotopic (exact) mass is 425 g/mol. The van der Waals surface area contributed by atoms with E-state index in [1.807, 2.05) is 33.3 Å². The first-order chi connectivity index (χ1) is 14.1. The number of aromatic nitrogens is 1. The first-order valence-electron chi connectivity index (χ1n) is 9.28. The van der Waals surface area contributed by atoms with Crippen LogP contribution in [0.5, 0.6) is 0 Å². The zero-order valence-electron chi connectivity index (χ0n) is 17.6. The van der Waals surface area contributed by atoms with E-state index in [1.54, 1.807) is 6.92 Å². The summed E-state index contributed by atoms with van der Waals surface area (Å²) in [5, 5.41) is 0. The Morgan fingerprint density at radius 2 is 1.57 bits per heavy atom. The highest BCUT2D eigenvalue weighted by molar-refractivity contribution is 7.85. The topological polar surface area (TPSA) is 96.5 Å². The molecule has 0 atom stereocenters. The molecular weight excluding hydrogens is 398 g/mol. The summed E-state index contributed by atoms with van der Waals surface area (Å²) in [4.78, 5) is 6.15. The van der Waals surface area contributed by atoms with Gasteiger partial charge in [0.25, 0.3) is 10.1 Å². The van der Waals surface area contributed by atoms with E-state index in [9.17, 15) is 8.42 Å². The SMILES string of the molecule is Cc1cc(C=Cc2ccc(N(C)C)cc2)ccn1.Cc1cc(S(=O)(=O)O)ccc1N. The van der Waals surface area contributed by atoms with Crippen molar-refractivity contribution in [3.8, 4) is 0 Å². The number of nitrogens with zero attached hydrogens (tertiary/aromatic N) is 2. The molecule has 0 aliphatic heterocycles. The molecule has 0 saturated carbocycles. The zero-order valence-corrected chi connectivity index (χ0v) is 18.4. The molecule has 0 aliphatic rings. The van der Waals surface area contributed by atoms with E-state index in [2.05, 4.69) is 52.4 Å². The second kappa shape index (κ2) is 10.0. The first-order valence-corrected chi connectivity index (χ1v) is 10.7. The number of hydrogen-bond donors (Lipinski definition) is 2. The number of hydrogen-bond acceptors (Lipinski definition) is 5. The Bertz CT molecular complexity index is 1120. The number of anilines is 2. The van der Waals surface area contributed by atoms with Crippen LogP contribution in [0.3, 0.4) is 0 Å². The smallest absolute Gasteiger partial charge is 0.294 e. The Labute approximate surface area is 178 Å². The van der Waals surface area contributed by atoms with Crippen LogP contribution in [0.1, 0.15) is 22.4 Å². The summed E-state index contributed by atoms with van der Waals surface area (Å²) in [5.74, 6) is 0. The summed E-state index contributed by atoms with van der Waals surface area (Å²) in [7, 11) is -0.00520. The molecule has 0 radical (unpaired) electrons. The molecule has 0 unspecified atom stereocenters. The van der Waals surface area contributed by atoms with Gasteiger partial charge in [-0.15, -0.1) is 0 Å². The largest absolute Gasteiger partial charge is 0.399 e. The van der Waals surface area contributed by atoms with Crippen LogP contribution in [0, 0.1) is 13.8 Å². The number of pyridine rings is 1. The third-order valence-electron chi connectivity index (χ3n) is 4.34. The minimum atomic E-state index is -4.10. The Balaban J connectivity index is 0.000000232. The molecule has 30 heavy (non-hydrogen) atoms. The molecule has 7 heteroatoms. The van der Waals surface area contributed by atoms with Crippen LogP contribution in [0.4, 0.5) is 11.4 Å². The summed E-state index contributed by atoms with van der Waals surface area (Å²) in [6.07, 6.45) is 6.07. The maximum absolute atomic E-state index is 10.6. The maximum Gasteiger partial charge on any atom is 0.294 e. The van der Waals surface area contributed by atoms with Crippen LogP contribution >= 0.6 is 0 Å². The van der Waals surface area contributed by atoms with Gasteiger partial charge in [0.05, 0.1) is 4.90 Å². The molecule has 0 fully saturated rings. The predicted octanol–water partition coefficient (Wildman–Crippen LogP) is 4.45. The van der Waals surface area contributed by atoms with Crippen molar-refractivity contribution in [2.75, 3.05) is 24.7 Å². The lowest BCUT2D eigenvalue weighted by Crippen LogP contribution is -2.07. The van der Waals surface area contributed by atoms with E-state index in [0.29, 0.717) is 11.3 Å². The first kappa shape index (κ1) is 23.1. The Morgan fingerprint density at radius 3 is 2.10 bits per heavy atom. The van der Waals surface area contributed by atoms with Crippen molar-refractivity contribution in [2.45, 2.75) is 18.7 Å². The van der Waals surface area contributed by atoms with Gasteiger partial charge in [-0.1, -0.05) is 24.3 Å². The van der Waals surface area contributed by atoms with E-state index in [1.165, 1.54) is 35.0 Å². The van der Waals surface area contributed by atoms with Crippen molar-refractivity contribution in [1.29, 1.82) is 0 Å². The number of nitrogen functional groups attached to an aromatic ring is 1. The second-order valence-corrected chi connectivity index (χ2v) is 8.46. The third-order valence-corrected chi connectivity index (χ3v) is 5.19. The van der Waals surface area contributed by atoms with Gasteiger partial charge in [-0.3, -0.25) is 9.54 Å². The minimum absolute atomic E-state index is 0.130. The molecule has 3 N–H and O–H groups in total. The molecule has 158 valence electrons. The van der Waals surface area contributed by atoms with Crippen LogP contribution in [0.2, 0.25) is 0 Å². The average Bonchev–Trinajstić information content (AvgIpc) is 2.68. The molecule has 0 spiro atoms. The summed E-state index contributed by atoms with van der Waals surface area (Å²) in [6.45, 7) is 3.67. The van der Waals surface area contributed by atoms with E-state index < -0.39 is 10.1 Å². The normalized spacial score (nSPS) is 11.1. The summed E-state index contributed by atoms with van der Waals surface area (Å²) >= 11 is 0. The quantitative estimate of drug-likeness (QED) is 0.473. The summed E-state index contributed by atoms with van der Waals surface area (Å²) in [6, 6.07) is 16.6. The van der Waals surface area contributed by atoms with Crippen molar-refractivity contribution in [2.24, 2.45) is 0 Å². The third kappa shape index (κ3) is 7.02. The van der Waals surface area contributed by atoms with Crippen molar-refractivity contribution in [1.82, 2.24) is 4.98 Å². The molecule has 0 saturated heterocycles. The van der Waals surface area contributed by atoms with Gasteiger partial charge in [0, 0.05) is 37.4 Å². The van der Waals surface area contributed by atoms with Gasteiger partial charge in [0.2, 0.25) is 0 Å². The standard InChI is InChI=1S/C16H18N2.C7H9NO3S/c1-13-12-15(10-11-17-13)5-4-14-6-8-16(9-7-14)18(2)3;1-5-4-6(12(9,10)11)2-3-7(5)8/h4-12H,1-3H3;2-4H,8H2,1H3,(H,9,10,11). The van der Waals surface area contributed by atoms with Gasteiger partial charge in [0.1, 0.15) is 0 Å². The van der Waals surface area contributed by atoms with Gasteiger partial charge >= 0.3 is 0 Å². The Kier molecular flexibility index (Phi) is 7.74. The van der Waals surface area contributed by atoms with Crippen molar-refractivity contribution < 1.29 is 13.0 Å². The Hall–Kier alpha value is -3.16. The minimum Gasteiger partial charge on any atom is -0.399 e. The van der Waals surface area contributed by atoms with Crippen LogP contribution in [0.15, 0.2) is 65.7 Å². The number of rotatable bonds is 4. The maximum atomic E-state index is 10.6. The molecular formula is C23H27N3O3S. The highest BCUT2D eigenvalue weighted by Crippen LogP contribution is 2.16. The molecule has 1 heterocycles. The van der Waals surface area contributed by atoms with Crippen molar-refractivity contribution in [3.63, 3.8) is 0 Å². The molecule has 6 nitrogen and oxygen atoms in total. The van der Waals surface area contributed by atoms with Gasteiger partial charge in [-0.05, 0) is 73.0 Å². The van der Waals surface area contributed by atoms with Gasteiger partial charge in [-0.25, -0.2) is 0 Å². The van der Waals surface area contributed by atoms with Gasteiger partial charge < -0.3 is 10.6 Å². The van der Waals surface area contributed by atoms with Crippen LogP contribution in [-0.2, 0) is 10.1 Å². The second-order valence-electron chi connectivity index (χ2n) is 7.04. The summed E-state index contributed by atoms with van der Waals surface area (Å²) in [5.41, 5.74) is 11.2. The fourth-order valence-electron chi connectivity index (χ4n) is 2.56. The van der Waals surface area contributed by atoms with E-state index >= 15 is 0 Å². The fraction of sp³-hybridized carbons (Fsp3) is 0.174. The molecule has 3 rings (SSSR count). The van der Waals surface area contributed by atoms with Crippen LogP contribution in [-0.4, -0.2) is 32.0 Å². The molecule has 1 aromatic heterocycles. The van der Waals surface area contributed by atoms with E-state index in [0.717, 1.165) is 5.69 Å². The highest BCUT2D eigenvalue weighted by Gasteiger charge is 2.09. The molecule has 2 aromatic carbocycles. The molecule has 0 amide bonds. The molecule has 0 aliphatic carbocycles. The average molecular weight is 426 g/mol. The lowest BCUT2D eigenvalue weighted by atomic mass is 10.1. The van der Waals surface area contributed by atoms with E-state index in [4.69, 9.17) is 10.3 Å². The highest BCUT2D eigenvalue weighted by atomic mass is 32.2. The van der Waals surface area contributed by atoms with Crippen molar-refractivity contribution >= 4 is 33.6 Å². The Morgan fingerprint density at radius 1 is 0.933 bits per heavy atom. The lowest BCUT2D eigenvalue weighted by molar-refractivity contribution is 0.483. The molecule has 3 aromatic rings. The fourth-order valence-corrected chi connectivity index (χ4v) is 3.12. The van der Waals surface area contributed by atoms with Crippen LogP contribution in [0.25, 0.3) is 12.2 Å². The number of aryl methyl sites for hydroxylation is 2. The van der Waals surface area contributed by atoms with Crippen molar-refractivity contribution in [3.05, 3.63) is 83.2 Å². The summed E-state index contributed by atoms with van der Waals surface area (Å²) < 4.78 is 29.9. The zero-order chi connectivity index (χ0) is 22.3. The molecule has 0 bridgehead atoms. The number of benzene rings is 2. The lowest BCUT2D eigenvalue weighted by Gasteiger charge is -2.11. The van der Waals surface area contributed by atoms with Gasteiger partial charge in [0.15, 0.2) is 0 Å². The van der Waals surface area contributed by atoms with E-state index in [-0.39, 0.29) is 4.90 Å². The van der Waals surface area contributed by atoms with Gasteiger partial charge in [-0.2, -0.15) is 8.42 Å². The predicted molar refractivity (Wildman–Crippen MR) is 124 cm³/mol. The van der Waals surface area contributed by atoms with Crippen LogP contribution < -0.4 is 10.6 Å².